The number of amides is 1. The van der Waals surface area contributed by atoms with Crippen molar-refractivity contribution >= 4 is 16.2 Å². The van der Waals surface area contributed by atoms with Crippen molar-refractivity contribution in [3.05, 3.63) is 12.7 Å². The van der Waals surface area contributed by atoms with E-state index in [1.807, 2.05) is 4.72 Å². The molecule has 1 atom stereocenters. The second-order valence-electron chi connectivity index (χ2n) is 4.99. The molecule has 1 fully saturated rings. The van der Waals surface area contributed by atoms with Gasteiger partial charge in [0.2, 0.25) is 0 Å². The molecule has 18 heavy (non-hydrogen) atoms. The molecule has 0 aromatic carbocycles. The number of hydrogen-bond acceptors (Lipinski definition) is 5. The van der Waals surface area contributed by atoms with Crippen molar-refractivity contribution in [1.82, 2.24) is 10.0 Å². The molecule has 0 aromatic rings. The Balaban J connectivity index is 2.70. The molecule has 2 N–H and O–H groups in total. The molecule has 0 bridgehead atoms. The van der Waals surface area contributed by atoms with Crippen LogP contribution in [0.25, 0.3) is 0 Å². The van der Waals surface area contributed by atoms with Gasteiger partial charge in [0.1, 0.15) is 0 Å². The van der Waals surface area contributed by atoms with Gasteiger partial charge in [-0.1, -0.05) is 6.08 Å². The summed E-state index contributed by atoms with van der Waals surface area (Å²) in [6.45, 7) is 6.83. The molecule has 1 saturated carbocycles. The van der Waals surface area contributed by atoms with Gasteiger partial charge in [-0.25, -0.2) is 8.91 Å². The van der Waals surface area contributed by atoms with Crippen LogP contribution in [0.1, 0.15) is 33.1 Å². The summed E-state index contributed by atoms with van der Waals surface area (Å²) in [5.74, 6) is -0.658. The van der Waals surface area contributed by atoms with Gasteiger partial charge in [-0.2, -0.15) is 8.42 Å². The maximum atomic E-state index is 11.9. The van der Waals surface area contributed by atoms with Gasteiger partial charge in [0, 0.05) is 0 Å². The molecule has 104 valence electrons. The first-order chi connectivity index (χ1) is 8.16. The summed E-state index contributed by atoms with van der Waals surface area (Å²) in [6.07, 6.45) is 3.21. The SMILES string of the molecule is C=CCC(C)(NC)C(=O)NS(=O)(=O)OC1(C)CC1. The van der Waals surface area contributed by atoms with Crippen molar-refractivity contribution in [2.75, 3.05) is 7.05 Å². The Kier molecular flexibility index (Phi) is 4.19. The highest BCUT2D eigenvalue weighted by Gasteiger charge is 2.44. The average molecular weight is 276 g/mol. The van der Waals surface area contributed by atoms with Crippen LogP contribution in [0.4, 0.5) is 0 Å². The van der Waals surface area contributed by atoms with E-state index in [0.29, 0.717) is 19.3 Å². The Morgan fingerprint density at radius 3 is 2.50 bits per heavy atom. The molecular weight excluding hydrogens is 256 g/mol. The van der Waals surface area contributed by atoms with Crippen LogP contribution < -0.4 is 10.0 Å². The summed E-state index contributed by atoms with van der Waals surface area (Å²) in [6, 6.07) is 0. The summed E-state index contributed by atoms with van der Waals surface area (Å²) in [4.78, 5) is 11.9. The Bertz CT molecular complexity index is 442. The third-order valence-electron chi connectivity index (χ3n) is 3.09. The summed E-state index contributed by atoms with van der Waals surface area (Å²) in [7, 11) is -2.48. The Morgan fingerprint density at radius 2 is 2.11 bits per heavy atom. The molecule has 1 amide bonds. The lowest BCUT2D eigenvalue weighted by Crippen LogP contribution is -2.54. The Labute approximate surface area is 108 Å². The number of carbonyl (C=O) groups is 1. The molecule has 0 radical (unpaired) electrons. The highest BCUT2D eigenvalue weighted by Crippen LogP contribution is 2.39. The van der Waals surface area contributed by atoms with Crippen LogP contribution in [0.5, 0.6) is 0 Å². The standard InChI is InChI=1S/C11H20N2O4S/c1-5-6-11(3,12-4)9(14)13-18(15,16)17-10(2)7-8-10/h5,12H,1,6-8H2,2-4H3,(H,13,14). The molecule has 0 aromatic heterocycles. The van der Waals surface area contributed by atoms with Crippen LogP contribution in [0.15, 0.2) is 12.7 Å². The fourth-order valence-corrected chi connectivity index (χ4v) is 2.56. The Morgan fingerprint density at radius 1 is 1.56 bits per heavy atom. The molecule has 1 aliphatic carbocycles. The van der Waals surface area contributed by atoms with Crippen molar-refractivity contribution in [2.45, 2.75) is 44.2 Å². The molecule has 0 spiro atoms. The predicted octanol–water partition coefficient (Wildman–Crippen LogP) is 0.471. The van der Waals surface area contributed by atoms with E-state index in [1.54, 1.807) is 27.0 Å². The molecule has 1 aliphatic rings. The minimum atomic E-state index is -4.06. The van der Waals surface area contributed by atoms with Crippen molar-refractivity contribution in [3.8, 4) is 0 Å². The fourth-order valence-electron chi connectivity index (χ4n) is 1.37. The van der Waals surface area contributed by atoms with Crippen LogP contribution in [0, 0.1) is 0 Å². The van der Waals surface area contributed by atoms with Crippen molar-refractivity contribution in [3.63, 3.8) is 0 Å². The van der Waals surface area contributed by atoms with Gasteiger partial charge in [0.05, 0.1) is 11.1 Å². The van der Waals surface area contributed by atoms with Crippen molar-refractivity contribution < 1.29 is 17.4 Å². The third-order valence-corrected chi connectivity index (χ3v) is 4.15. The van der Waals surface area contributed by atoms with Gasteiger partial charge < -0.3 is 5.32 Å². The van der Waals surface area contributed by atoms with E-state index in [4.69, 9.17) is 4.18 Å². The van der Waals surface area contributed by atoms with Gasteiger partial charge in [0.25, 0.3) is 5.91 Å². The second kappa shape index (κ2) is 4.99. The topological polar surface area (TPSA) is 84.5 Å². The minimum Gasteiger partial charge on any atom is -0.306 e. The normalized spacial score (nSPS) is 20.8. The largest absolute Gasteiger partial charge is 0.362 e. The molecular formula is C11H20N2O4S. The fraction of sp³-hybridized carbons (Fsp3) is 0.727. The minimum absolute atomic E-state index is 0.308. The quantitative estimate of drug-likeness (QED) is 0.660. The number of likely N-dealkylation sites (N-methyl/N-ethyl adjacent to an activating group) is 1. The maximum absolute atomic E-state index is 11.9. The first-order valence-corrected chi connectivity index (χ1v) is 7.15. The van der Waals surface area contributed by atoms with Gasteiger partial charge >= 0.3 is 10.3 Å². The molecule has 0 heterocycles. The summed E-state index contributed by atoms with van der Waals surface area (Å²) in [5, 5.41) is 2.78. The third kappa shape index (κ3) is 3.79. The van der Waals surface area contributed by atoms with E-state index >= 15 is 0 Å². The smallest absolute Gasteiger partial charge is 0.306 e. The van der Waals surface area contributed by atoms with Crippen LogP contribution in [-0.2, 0) is 19.3 Å². The van der Waals surface area contributed by atoms with E-state index in [9.17, 15) is 13.2 Å². The molecule has 0 saturated heterocycles. The highest BCUT2D eigenvalue weighted by molar-refractivity contribution is 7.85. The van der Waals surface area contributed by atoms with Crippen molar-refractivity contribution in [2.24, 2.45) is 0 Å². The van der Waals surface area contributed by atoms with Crippen LogP contribution in [0.3, 0.4) is 0 Å². The molecule has 7 heteroatoms. The van der Waals surface area contributed by atoms with Gasteiger partial charge in [-0.05, 0) is 40.2 Å². The zero-order valence-corrected chi connectivity index (χ0v) is 11.8. The van der Waals surface area contributed by atoms with E-state index in [-0.39, 0.29) is 0 Å². The van der Waals surface area contributed by atoms with E-state index in [0.717, 1.165) is 0 Å². The summed E-state index contributed by atoms with van der Waals surface area (Å²) < 4.78 is 30.2. The number of hydrogen-bond donors (Lipinski definition) is 2. The zero-order chi connectivity index (χ0) is 14.0. The molecule has 6 nitrogen and oxygen atoms in total. The summed E-state index contributed by atoms with van der Waals surface area (Å²) in [5.41, 5.74) is -1.68. The van der Waals surface area contributed by atoms with Crippen LogP contribution in [-0.4, -0.2) is 32.5 Å². The van der Waals surface area contributed by atoms with Gasteiger partial charge in [-0.3, -0.25) is 4.79 Å². The van der Waals surface area contributed by atoms with Crippen LogP contribution >= 0.6 is 0 Å². The molecule has 1 rings (SSSR count). The molecule has 0 aliphatic heterocycles. The van der Waals surface area contributed by atoms with Gasteiger partial charge in [0.15, 0.2) is 0 Å². The predicted molar refractivity (Wildman–Crippen MR) is 68.1 cm³/mol. The second-order valence-corrected chi connectivity index (χ2v) is 6.27. The van der Waals surface area contributed by atoms with E-state index in [1.165, 1.54) is 0 Å². The monoisotopic (exact) mass is 276 g/mol. The van der Waals surface area contributed by atoms with Crippen molar-refractivity contribution in [1.29, 1.82) is 0 Å². The van der Waals surface area contributed by atoms with Crippen LogP contribution in [0.2, 0.25) is 0 Å². The number of nitrogens with one attached hydrogen (secondary N) is 2. The van der Waals surface area contributed by atoms with Gasteiger partial charge in [-0.15, -0.1) is 6.58 Å². The van der Waals surface area contributed by atoms with E-state index in [2.05, 4.69) is 11.9 Å². The lowest BCUT2D eigenvalue weighted by atomic mass is 9.98. The average Bonchev–Trinajstić information content (AvgIpc) is 2.93. The highest BCUT2D eigenvalue weighted by atomic mass is 32.2. The maximum Gasteiger partial charge on any atom is 0.362 e. The van der Waals surface area contributed by atoms with E-state index < -0.39 is 27.4 Å². The number of rotatable bonds is 7. The summed E-state index contributed by atoms with van der Waals surface area (Å²) >= 11 is 0. The first-order valence-electron chi connectivity index (χ1n) is 5.74. The Hall–Kier alpha value is -0.920. The lowest BCUT2D eigenvalue weighted by molar-refractivity contribution is -0.125. The number of carbonyl (C=O) groups excluding carboxylic acids is 1. The first kappa shape index (κ1) is 15.1. The lowest BCUT2D eigenvalue weighted by Gasteiger charge is -2.26. The molecule has 1 unspecified atom stereocenters. The zero-order valence-electron chi connectivity index (χ0n) is 10.9.